The van der Waals surface area contributed by atoms with Gasteiger partial charge in [0.2, 0.25) is 5.91 Å². The molecule has 3 heterocycles. The maximum atomic E-state index is 12.3. The first-order valence-electron chi connectivity index (χ1n) is 9.89. The number of nitrogens with zero attached hydrogens (tertiary/aromatic N) is 3. The number of ether oxygens (including phenoxy) is 1. The van der Waals surface area contributed by atoms with Gasteiger partial charge in [0.05, 0.1) is 18.8 Å². The third-order valence-corrected chi connectivity index (χ3v) is 5.29. The molecular formula is C19H32N6O2. The number of fused-ring (bicyclic) bond motifs is 1. The molecule has 1 atom stereocenters. The summed E-state index contributed by atoms with van der Waals surface area (Å²) in [5, 5.41) is 9.62. The van der Waals surface area contributed by atoms with E-state index in [1.807, 2.05) is 14.0 Å². The lowest BCUT2D eigenvalue weighted by Gasteiger charge is -2.30. The molecule has 1 aromatic heterocycles. The second-order valence-corrected chi connectivity index (χ2v) is 7.51. The molecule has 3 rings (SSSR count). The molecule has 1 amide bonds. The summed E-state index contributed by atoms with van der Waals surface area (Å²) in [6, 6.07) is 0.0170. The Kier molecular flexibility index (Phi) is 6.98. The Morgan fingerprint density at radius 2 is 2.15 bits per heavy atom. The van der Waals surface area contributed by atoms with Crippen molar-refractivity contribution in [2.24, 2.45) is 0 Å². The van der Waals surface area contributed by atoms with Gasteiger partial charge in [-0.25, -0.2) is 9.97 Å². The van der Waals surface area contributed by atoms with Crippen LogP contribution in [0.15, 0.2) is 0 Å². The molecular weight excluding hydrogens is 344 g/mol. The molecule has 8 nitrogen and oxygen atoms in total. The van der Waals surface area contributed by atoms with Gasteiger partial charge >= 0.3 is 0 Å². The van der Waals surface area contributed by atoms with E-state index in [0.717, 1.165) is 61.8 Å². The fourth-order valence-corrected chi connectivity index (χ4v) is 3.91. The summed E-state index contributed by atoms with van der Waals surface area (Å²) >= 11 is 0. The second kappa shape index (κ2) is 9.43. The molecule has 3 N–H and O–H groups in total. The van der Waals surface area contributed by atoms with Crippen molar-refractivity contribution in [1.29, 1.82) is 0 Å². The number of piperidine rings is 1. The van der Waals surface area contributed by atoms with Gasteiger partial charge in [-0.15, -0.1) is 0 Å². The van der Waals surface area contributed by atoms with E-state index in [1.54, 1.807) is 7.11 Å². The zero-order valence-electron chi connectivity index (χ0n) is 16.7. The summed E-state index contributed by atoms with van der Waals surface area (Å²) in [5.74, 6) is 2.35. The van der Waals surface area contributed by atoms with Gasteiger partial charge in [-0.1, -0.05) is 0 Å². The largest absolute Gasteiger partial charge is 0.383 e. The van der Waals surface area contributed by atoms with Crippen molar-refractivity contribution >= 4 is 11.7 Å². The molecule has 1 aromatic rings. The van der Waals surface area contributed by atoms with E-state index < -0.39 is 0 Å². The highest BCUT2D eigenvalue weighted by Gasteiger charge is 2.26. The van der Waals surface area contributed by atoms with Crippen LogP contribution in [0.4, 0.5) is 5.82 Å². The van der Waals surface area contributed by atoms with Gasteiger partial charge in [-0.05, 0) is 32.9 Å². The van der Waals surface area contributed by atoms with Crippen molar-refractivity contribution in [3.8, 4) is 0 Å². The van der Waals surface area contributed by atoms with Crippen LogP contribution in [0.25, 0.3) is 0 Å². The minimum absolute atomic E-state index is 0.0170. The highest BCUT2D eigenvalue weighted by molar-refractivity contribution is 5.78. The number of hydrogen-bond donors (Lipinski definition) is 3. The number of amides is 1. The average molecular weight is 377 g/mol. The fraction of sp³-hybridized carbons (Fsp3) is 0.737. The van der Waals surface area contributed by atoms with Crippen molar-refractivity contribution < 1.29 is 9.53 Å². The minimum Gasteiger partial charge on any atom is -0.383 e. The number of anilines is 1. The smallest absolute Gasteiger partial charge is 0.234 e. The number of carbonyl (C=O) groups is 1. The number of rotatable bonds is 7. The highest BCUT2D eigenvalue weighted by atomic mass is 16.5. The van der Waals surface area contributed by atoms with Gasteiger partial charge in [0.1, 0.15) is 11.6 Å². The lowest BCUT2D eigenvalue weighted by molar-refractivity contribution is -0.123. The lowest BCUT2D eigenvalue weighted by Crippen LogP contribution is -2.44. The maximum absolute atomic E-state index is 12.3. The Bertz CT molecular complexity index is 630. The molecule has 2 aliphatic rings. The van der Waals surface area contributed by atoms with Crippen LogP contribution >= 0.6 is 0 Å². The van der Waals surface area contributed by atoms with Gasteiger partial charge in [-0.3, -0.25) is 9.69 Å². The Morgan fingerprint density at radius 3 is 2.85 bits per heavy atom. The molecule has 1 saturated heterocycles. The summed E-state index contributed by atoms with van der Waals surface area (Å²) in [7, 11) is 3.55. The molecule has 0 bridgehead atoms. The molecule has 1 fully saturated rings. The number of nitrogens with one attached hydrogen (secondary N) is 3. The number of hydrogen-bond acceptors (Lipinski definition) is 7. The minimum atomic E-state index is 0.0170. The first kappa shape index (κ1) is 20.0. The zero-order valence-corrected chi connectivity index (χ0v) is 16.7. The molecule has 2 aliphatic heterocycles. The van der Waals surface area contributed by atoms with Crippen molar-refractivity contribution in [2.75, 3.05) is 52.3 Å². The highest BCUT2D eigenvalue weighted by Crippen LogP contribution is 2.28. The Morgan fingerprint density at radius 1 is 1.37 bits per heavy atom. The van der Waals surface area contributed by atoms with E-state index in [1.165, 1.54) is 0 Å². The van der Waals surface area contributed by atoms with E-state index in [9.17, 15) is 4.79 Å². The zero-order chi connectivity index (χ0) is 19.2. The van der Waals surface area contributed by atoms with E-state index in [0.29, 0.717) is 25.6 Å². The maximum Gasteiger partial charge on any atom is 0.234 e. The molecule has 27 heavy (non-hydrogen) atoms. The number of carbonyl (C=O) groups excluding carboxylic acids is 1. The third kappa shape index (κ3) is 5.15. The first-order chi connectivity index (χ1) is 13.1. The molecule has 0 aromatic carbocycles. The number of methoxy groups -OCH3 is 1. The monoisotopic (exact) mass is 376 g/mol. The van der Waals surface area contributed by atoms with Crippen LogP contribution < -0.4 is 16.0 Å². The standard InChI is InChI=1S/C19H32N6O2/c1-13(12-27-3)22-17(26)11-25-9-6-16-15(10-25)19(20-2)24-18(23-16)14-4-7-21-8-5-14/h13-14,21H,4-12H2,1-3H3,(H,22,26)(H,20,23,24)/t13-/m1/s1. The molecule has 8 heteroatoms. The van der Waals surface area contributed by atoms with Crippen LogP contribution in [0.1, 0.15) is 42.8 Å². The van der Waals surface area contributed by atoms with Crippen molar-refractivity contribution in [1.82, 2.24) is 25.5 Å². The summed E-state index contributed by atoms with van der Waals surface area (Å²) in [5.41, 5.74) is 2.26. The van der Waals surface area contributed by atoms with Crippen molar-refractivity contribution in [2.45, 2.75) is 44.7 Å². The van der Waals surface area contributed by atoms with Gasteiger partial charge < -0.3 is 20.7 Å². The Labute approximate surface area is 161 Å². The molecule has 0 saturated carbocycles. The fourth-order valence-electron chi connectivity index (χ4n) is 3.91. The molecule has 0 aliphatic carbocycles. The predicted molar refractivity (Wildman–Crippen MR) is 105 cm³/mol. The second-order valence-electron chi connectivity index (χ2n) is 7.51. The molecule has 0 unspecified atom stereocenters. The SMILES string of the molecule is CNc1nc(C2CCNCC2)nc2c1CN(CC(=O)N[C@H](C)COC)CC2. The summed E-state index contributed by atoms with van der Waals surface area (Å²) in [6.45, 7) is 6.45. The first-order valence-corrected chi connectivity index (χ1v) is 9.89. The predicted octanol–water partition coefficient (Wildman–Crippen LogP) is 0.495. The van der Waals surface area contributed by atoms with Crippen LogP contribution in [0.2, 0.25) is 0 Å². The van der Waals surface area contributed by atoms with Crippen molar-refractivity contribution in [3.05, 3.63) is 17.1 Å². The van der Waals surface area contributed by atoms with E-state index in [4.69, 9.17) is 14.7 Å². The Balaban J connectivity index is 1.67. The quantitative estimate of drug-likeness (QED) is 0.638. The van der Waals surface area contributed by atoms with Gasteiger partial charge in [0.15, 0.2) is 0 Å². The van der Waals surface area contributed by atoms with Crippen LogP contribution in [-0.2, 0) is 22.5 Å². The average Bonchev–Trinajstić information content (AvgIpc) is 2.67. The normalized spacial score (nSPS) is 19.4. The van der Waals surface area contributed by atoms with E-state index in [2.05, 4.69) is 20.9 Å². The van der Waals surface area contributed by atoms with Crippen molar-refractivity contribution in [3.63, 3.8) is 0 Å². The topological polar surface area (TPSA) is 91.4 Å². The summed E-state index contributed by atoms with van der Waals surface area (Å²) < 4.78 is 5.08. The van der Waals surface area contributed by atoms with Crippen LogP contribution in [0.5, 0.6) is 0 Å². The van der Waals surface area contributed by atoms with Crippen LogP contribution in [-0.4, -0.2) is 73.8 Å². The van der Waals surface area contributed by atoms with Gasteiger partial charge in [0, 0.05) is 51.2 Å². The molecule has 0 radical (unpaired) electrons. The number of aromatic nitrogens is 2. The molecule has 0 spiro atoms. The van der Waals surface area contributed by atoms with Crippen LogP contribution in [0.3, 0.4) is 0 Å². The Hall–Kier alpha value is -1.77. The van der Waals surface area contributed by atoms with Crippen LogP contribution in [0, 0.1) is 0 Å². The van der Waals surface area contributed by atoms with Gasteiger partial charge in [-0.2, -0.15) is 0 Å². The van der Waals surface area contributed by atoms with Gasteiger partial charge in [0.25, 0.3) is 0 Å². The van der Waals surface area contributed by atoms with E-state index >= 15 is 0 Å². The lowest BCUT2D eigenvalue weighted by atomic mass is 9.96. The summed E-state index contributed by atoms with van der Waals surface area (Å²) in [6.07, 6.45) is 3.03. The third-order valence-electron chi connectivity index (χ3n) is 5.29. The summed E-state index contributed by atoms with van der Waals surface area (Å²) in [4.78, 5) is 24.2. The van der Waals surface area contributed by atoms with E-state index in [-0.39, 0.29) is 11.9 Å². The molecule has 150 valence electrons.